The molecule has 1 N–H and O–H groups in total. The standard InChI is InChI=1S/C14H18N2O2/c1-18-14-7-6-12(10-16-14)9-15-13(17)8-11-4-2-3-5-11/h2,4,6-7,10-11H,3,5,8-9H2,1H3,(H,15,17). The molecule has 0 saturated carbocycles. The number of ether oxygens (including phenoxy) is 1. The quantitative estimate of drug-likeness (QED) is 0.809. The highest BCUT2D eigenvalue weighted by atomic mass is 16.5. The van der Waals surface area contributed by atoms with Gasteiger partial charge in [-0.2, -0.15) is 0 Å². The highest BCUT2D eigenvalue weighted by molar-refractivity contribution is 5.76. The van der Waals surface area contributed by atoms with Gasteiger partial charge in [0.25, 0.3) is 0 Å². The van der Waals surface area contributed by atoms with E-state index in [1.165, 1.54) is 0 Å². The molecule has 18 heavy (non-hydrogen) atoms. The monoisotopic (exact) mass is 246 g/mol. The summed E-state index contributed by atoms with van der Waals surface area (Å²) in [5.74, 6) is 1.10. The number of rotatable bonds is 5. The summed E-state index contributed by atoms with van der Waals surface area (Å²) in [6.07, 6.45) is 8.77. The maximum absolute atomic E-state index is 11.7. The van der Waals surface area contributed by atoms with Crippen LogP contribution in [0.4, 0.5) is 0 Å². The van der Waals surface area contributed by atoms with Crippen LogP contribution in [-0.4, -0.2) is 18.0 Å². The van der Waals surface area contributed by atoms with Crippen molar-refractivity contribution in [2.24, 2.45) is 5.92 Å². The summed E-state index contributed by atoms with van der Waals surface area (Å²) in [5.41, 5.74) is 0.978. The number of pyridine rings is 1. The predicted molar refractivity (Wildman–Crippen MR) is 69.1 cm³/mol. The minimum Gasteiger partial charge on any atom is -0.481 e. The molecule has 0 spiro atoms. The van der Waals surface area contributed by atoms with Crippen LogP contribution in [-0.2, 0) is 11.3 Å². The van der Waals surface area contributed by atoms with Crippen molar-refractivity contribution in [1.29, 1.82) is 0 Å². The molecule has 1 amide bonds. The predicted octanol–water partition coefficient (Wildman–Crippen LogP) is 2.06. The molecule has 1 aliphatic carbocycles. The molecule has 0 radical (unpaired) electrons. The first-order valence-corrected chi connectivity index (χ1v) is 6.20. The van der Waals surface area contributed by atoms with Gasteiger partial charge in [-0.3, -0.25) is 4.79 Å². The number of nitrogens with one attached hydrogen (secondary N) is 1. The van der Waals surface area contributed by atoms with Crippen LogP contribution in [0.15, 0.2) is 30.5 Å². The number of carbonyl (C=O) groups excluding carboxylic acids is 1. The van der Waals surface area contributed by atoms with Crippen molar-refractivity contribution >= 4 is 5.91 Å². The Morgan fingerprint density at radius 3 is 3.06 bits per heavy atom. The second-order valence-corrected chi connectivity index (χ2v) is 4.46. The zero-order chi connectivity index (χ0) is 12.8. The molecule has 0 aromatic carbocycles. The van der Waals surface area contributed by atoms with Gasteiger partial charge in [-0.15, -0.1) is 0 Å². The van der Waals surface area contributed by atoms with Gasteiger partial charge in [0.15, 0.2) is 0 Å². The van der Waals surface area contributed by atoms with Gasteiger partial charge in [-0.1, -0.05) is 18.2 Å². The molecule has 1 unspecified atom stereocenters. The summed E-state index contributed by atoms with van der Waals surface area (Å²) >= 11 is 0. The third kappa shape index (κ3) is 3.58. The molecule has 0 aliphatic heterocycles. The molecule has 1 atom stereocenters. The van der Waals surface area contributed by atoms with E-state index in [4.69, 9.17) is 4.74 Å². The lowest BCUT2D eigenvalue weighted by atomic mass is 10.1. The van der Waals surface area contributed by atoms with Crippen LogP contribution < -0.4 is 10.1 Å². The lowest BCUT2D eigenvalue weighted by Crippen LogP contribution is -2.24. The Kier molecular flexibility index (Phi) is 4.34. The number of hydrogen-bond donors (Lipinski definition) is 1. The van der Waals surface area contributed by atoms with Gasteiger partial charge < -0.3 is 10.1 Å². The van der Waals surface area contributed by atoms with E-state index in [0.29, 0.717) is 24.8 Å². The fourth-order valence-electron chi connectivity index (χ4n) is 2.01. The molecule has 2 rings (SSSR count). The number of allylic oxidation sites excluding steroid dienone is 2. The van der Waals surface area contributed by atoms with Gasteiger partial charge in [0.1, 0.15) is 0 Å². The lowest BCUT2D eigenvalue weighted by molar-refractivity contribution is -0.121. The first kappa shape index (κ1) is 12.6. The Morgan fingerprint density at radius 1 is 1.56 bits per heavy atom. The molecule has 1 aromatic heterocycles. The maximum Gasteiger partial charge on any atom is 0.220 e. The van der Waals surface area contributed by atoms with E-state index in [0.717, 1.165) is 18.4 Å². The molecule has 1 aromatic rings. The van der Waals surface area contributed by atoms with E-state index in [1.807, 2.05) is 6.07 Å². The second kappa shape index (κ2) is 6.19. The molecule has 1 aliphatic rings. The summed E-state index contributed by atoms with van der Waals surface area (Å²) in [5, 5.41) is 2.91. The third-order valence-corrected chi connectivity index (χ3v) is 3.06. The first-order chi connectivity index (χ1) is 8.78. The zero-order valence-corrected chi connectivity index (χ0v) is 10.6. The fraction of sp³-hybridized carbons (Fsp3) is 0.429. The Hall–Kier alpha value is -1.84. The fourth-order valence-corrected chi connectivity index (χ4v) is 2.01. The Balaban J connectivity index is 1.75. The average Bonchev–Trinajstić information content (AvgIpc) is 2.90. The van der Waals surface area contributed by atoms with Crippen molar-refractivity contribution < 1.29 is 9.53 Å². The van der Waals surface area contributed by atoms with Crippen molar-refractivity contribution in [3.63, 3.8) is 0 Å². The highest BCUT2D eigenvalue weighted by Gasteiger charge is 2.13. The Bertz CT molecular complexity index is 426. The summed E-state index contributed by atoms with van der Waals surface area (Å²) < 4.78 is 4.98. The number of aromatic nitrogens is 1. The molecular formula is C14H18N2O2. The van der Waals surface area contributed by atoms with Gasteiger partial charge in [-0.25, -0.2) is 4.98 Å². The first-order valence-electron chi connectivity index (χ1n) is 6.20. The van der Waals surface area contributed by atoms with Crippen LogP contribution in [0.25, 0.3) is 0 Å². The molecule has 0 fully saturated rings. The maximum atomic E-state index is 11.7. The van der Waals surface area contributed by atoms with Gasteiger partial charge in [-0.05, 0) is 24.3 Å². The van der Waals surface area contributed by atoms with Crippen LogP contribution >= 0.6 is 0 Å². The molecule has 4 nitrogen and oxygen atoms in total. The summed E-state index contributed by atoms with van der Waals surface area (Å²) in [7, 11) is 1.58. The average molecular weight is 246 g/mol. The van der Waals surface area contributed by atoms with E-state index < -0.39 is 0 Å². The smallest absolute Gasteiger partial charge is 0.220 e. The SMILES string of the molecule is COc1ccc(CNC(=O)CC2C=CCC2)cn1. The van der Waals surface area contributed by atoms with E-state index >= 15 is 0 Å². The molecule has 0 saturated heterocycles. The van der Waals surface area contributed by atoms with Gasteiger partial charge in [0.2, 0.25) is 11.8 Å². The minimum absolute atomic E-state index is 0.0994. The number of hydrogen-bond acceptors (Lipinski definition) is 3. The lowest BCUT2D eigenvalue weighted by Gasteiger charge is -2.08. The Morgan fingerprint density at radius 2 is 2.44 bits per heavy atom. The molecule has 0 bridgehead atoms. The Labute approximate surface area is 107 Å². The van der Waals surface area contributed by atoms with Crippen molar-refractivity contribution in [3.8, 4) is 5.88 Å². The van der Waals surface area contributed by atoms with E-state index in [-0.39, 0.29) is 5.91 Å². The van der Waals surface area contributed by atoms with Crippen LogP contribution in [0.2, 0.25) is 0 Å². The third-order valence-electron chi connectivity index (χ3n) is 3.06. The number of carbonyl (C=O) groups is 1. The summed E-state index contributed by atoms with van der Waals surface area (Å²) in [6, 6.07) is 3.70. The molecule has 96 valence electrons. The van der Waals surface area contributed by atoms with Gasteiger partial charge >= 0.3 is 0 Å². The molecule has 4 heteroatoms. The highest BCUT2D eigenvalue weighted by Crippen LogP contribution is 2.20. The van der Waals surface area contributed by atoms with E-state index in [2.05, 4.69) is 22.5 Å². The second-order valence-electron chi connectivity index (χ2n) is 4.46. The zero-order valence-electron chi connectivity index (χ0n) is 10.6. The molecule has 1 heterocycles. The van der Waals surface area contributed by atoms with E-state index in [9.17, 15) is 4.79 Å². The van der Waals surface area contributed by atoms with Crippen LogP contribution in [0.1, 0.15) is 24.8 Å². The van der Waals surface area contributed by atoms with Crippen molar-refractivity contribution in [1.82, 2.24) is 10.3 Å². The van der Waals surface area contributed by atoms with Gasteiger partial charge in [0, 0.05) is 25.2 Å². The van der Waals surface area contributed by atoms with Crippen LogP contribution in [0.3, 0.4) is 0 Å². The topological polar surface area (TPSA) is 51.2 Å². The summed E-state index contributed by atoms with van der Waals surface area (Å²) in [6.45, 7) is 0.520. The van der Waals surface area contributed by atoms with Crippen LogP contribution in [0, 0.1) is 5.92 Å². The van der Waals surface area contributed by atoms with Gasteiger partial charge in [0.05, 0.1) is 7.11 Å². The summed E-state index contributed by atoms with van der Waals surface area (Å²) in [4.78, 5) is 15.8. The minimum atomic E-state index is 0.0994. The normalized spacial score (nSPS) is 17.7. The van der Waals surface area contributed by atoms with Crippen molar-refractivity contribution in [3.05, 3.63) is 36.0 Å². The number of nitrogens with zero attached hydrogens (tertiary/aromatic N) is 1. The number of amides is 1. The molecular weight excluding hydrogens is 228 g/mol. The largest absolute Gasteiger partial charge is 0.481 e. The van der Waals surface area contributed by atoms with Crippen molar-refractivity contribution in [2.45, 2.75) is 25.8 Å². The van der Waals surface area contributed by atoms with Crippen LogP contribution in [0.5, 0.6) is 5.88 Å². The van der Waals surface area contributed by atoms with Crippen molar-refractivity contribution in [2.75, 3.05) is 7.11 Å². The number of methoxy groups -OCH3 is 1. The van der Waals surface area contributed by atoms with E-state index in [1.54, 1.807) is 19.4 Å².